The third-order valence-electron chi connectivity index (χ3n) is 3.81. The quantitative estimate of drug-likeness (QED) is 0.592. The van der Waals surface area contributed by atoms with Crippen molar-refractivity contribution in [2.45, 2.75) is 25.7 Å². The van der Waals surface area contributed by atoms with Crippen LogP contribution in [0.25, 0.3) is 0 Å². The molecule has 2 nitrogen and oxygen atoms in total. The molecule has 0 aromatic heterocycles. The fraction of sp³-hybridized carbons (Fsp3) is 0.875. The summed E-state index contributed by atoms with van der Waals surface area (Å²) in [5.74, 6) is -0.501. The molecule has 3 rings (SSSR count). The van der Waals surface area contributed by atoms with Gasteiger partial charge in [0.15, 0.2) is 0 Å². The zero-order chi connectivity index (χ0) is 6.98. The lowest BCUT2D eigenvalue weighted by Gasteiger charge is -1.86. The first kappa shape index (κ1) is 5.16. The maximum atomic E-state index is 10.5. The Morgan fingerprint density at radius 1 is 1.50 bits per heavy atom. The van der Waals surface area contributed by atoms with Crippen molar-refractivity contribution in [3.63, 3.8) is 0 Å². The van der Waals surface area contributed by atoms with Crippen LogP contribution < -0.4 is 0 Å². The number of carboxylic acid groups (broad SMARTS) is 1. The van der Waals surface area contributed by atoms with Crippen LogP contribution in [0.2, 0.25) is 0 Å². The van der Waals surface area contributed by atoms with Crippen molar-refractivity contribution in [1.29, 1.82) is 0 Å². The van der Waals surface area contributed by atoms with E-state index in [0.29, 0.717) is 10.8 Å². The number of aliphatic carboxylic acids is 1. The summed E-state index contributed by atoms with van der Waals surface area (Å²) in [6.07, 6.45) is 4.85. The molecule has 0 saturated heterocycles. The third kappa shape index (κ3) is 0.337. The molecular formula is C8H10O2. The fourth-order valence-corrected chi connectivity index (χ4v) is 2.80. The van der Waals surface area contributed by atoms with Crippen molar-refractivity contribution in [2.24, 2.45) is 16.7 Å². The first-order chi connectivity index (χ1) is 4.70. The van der Waals surface area contributed by atoms with E-state index in [1.807, 2.05) is 0 Å². The number of carbonyl (C=O) groups is 1. The topological polar surface area (TPSA) is 37.3 Å². The molecule has 0 amide bonds. The van der Waals surface area contributed by atoms with Gasteiger partial charge < -0.3 is 5.11 Å². The van der Waals surface area contributed by atoms with Gasteiger partial charge in [0.1, 0.15) is 0 Å². The first-order valence-electron chi connectivity index (χ1n) is 3.93. The number of fused-ring (bicyclic) bond motifs is 1. The Morgan fingerprint density at radius 3 is 2.50 bits per heavy atom. The van der Waals surface area contributed by atoms with E-state index in [1.54, 1.807) is 0 Å². The van der Waals surface area contributed by atoms with Crippen LogP contribution in [0.15, 0.2) is 0 Å². The van der Waals surface area contributed by atoms with Crippen LogP contribution in [0.3, 0.4) is 0 Å². The van der Waals surface area contributed by atoms with E-state index in [-0.39, 0.29) is 5.92 Å². The van der Waals surface area contributed by atoms with E-state index in [1.165, 1.54) is 19.3 Å². The summed E-state index contributed by atoms with van der Waals surface area (Å²) in [5.41, 5.74) is 0.925. The van der Waals surface area contributed by atoms with Crippen molar-refractivity contribution < 1.29 is 9.90 Å². The van der Waals surface area contributed by atoms with E-state index < -0.39 is 5.97 Å². The van der Waals surface area contributed by atoms with Crippen LogP contribution in [0, 0.1) is 16.7 Å². The van der Waals surface area contributed by atoms with Gasteiger partial charge in [-0.1, -0.05) is 0 Å². The minimum atomic E-state index is -0.552. The molecule has 0 aromatic carbocycles. The Kier molecular flexibility index (Phi) is 0.529. The maximum Gasteiger partial charge on any atom is 0.307 e. The van der Waals surface area contributed by atoms with E-state index in [0.717, 1.165) is 6.42 Å². The van der Waals surface area contributed by atoms with E-state index in [4.69, 9.17) is 5.11 Å². The monoisotopic (exact) mass is 138 g/mol. The highest BCUT2D eigenvalue weighted by molar-refractivity contribution is 5.77. The SMILES string of the molecule is O=C(O)C1CC12CC21CC1. The van der Waals surface area contributed by atoms with Crippen LogP contribution in [0.4, 0.5) is 0 Å². The predicted molar refractivity (Wildman–Crippen MR) is 34.5 cm³/mol. The van der Waals surface area contributed by atoms with Crippen molar-refractivity contribution in [3.8, 4) is 0 Å². The highest BCUT2D eigenvalue weighted by Gasteiger charge is 2.85. The maximum absolute atomic E-state index is 10.5. The molecule has 54 valence electrons. The molecule has 3 aliphatic rings. The largest absolute Gasteiger partial charge is 0.481 e. The van der Waals surface area contributed by atoms with Gasteiger partial charge in [0, 0.05) is 0 Å². The summed E-state index contributed by atoms with van der Waals surface area (Å²) in [4.78, 5) is 10.5. The summed E-state index contributed by atoms with van der Waals surface area (Å²) in [6, 6.07) is 0. The Bertz CT molecular complexity index is 229. The van der Waals surface area contributed by atoms with Gasteiger partial charge in [-0.3, -0.25) is 4.79 Å². The lowest BCUT2D eigenvalue weighted by atomic mass is 10.2. The number of hydrogen-bond acceptors (Lipinski definition) is 1. The summed E-state index contributed by atoms with van der Waals surface area (Å²) in [7, 11) is 0. The second-order valence-electron chi connectivity index (χ2n) is 4.21. The Morgan fingerprint density at radius 2 is 2.20 bits per heavy atom. The normalized spacial score (nSPS) is 51.4. The highest BCUT2D eigenvalue weighted by atomic mass is 16.4. The molecule has 2 unspecified atom stereocenters. The molecule has 0 heterocycles. The first-order valence-corrected chi connectivity index (χ1v) is 3.93. The van der Waals surface area contributed by atoms with Gasteiger partial charge >= 0.3 is 5.97 Å². The fourth-order valence-electron chi connectivity index (χ4n) is 2.80. The zero-order valence-corrected chi connectivity index (χ0v) is 5.76. The molecule has 2 spiro atoms. The molecular weight excluding hydrogens is 128 g/mol. The van der Waals surface area contributed by atoms with Gasteiger partial charge in [0.05, 0.1) is 5.92 Å². The standard InChI is InChI=1S/C8H10O2/c9-6(10)5-3-8(5)4-7(8)1-2-7/h5H,1-4H2,(H,9,10). The van der Waals surface area contributed by atoms with Gasteiger partial charge in [0.2, 0.25) is 0 Å². The summed E-state index contributed by atoms with van der Waals surface area (Å²) >= 11 is 0. The zero-order valence-electron chi connectivity index (χ0n) is 5.76. The van der Waals surface area contributed by atoms with Gasteiger partial charge in [-0.15, -0.1) is 0 Å². The second kappa shape index (κ2) is 1.03. The molecule has 0 aromatic rings. The molecule has 0 radical (unpaired) electrons. The highest BCUT2D eigenvalue weighted by Crippen LogP contribution is 2.91. The molecule has 3 fully saturated rings. The molecule has 10 heavy (non-hydrogen) atoms. The smallest absolute Gasteiger partial charge is 0.307 e. The van der Waals surface area contributed by atoms with Crippen molar-refractivity contribution in [3.05, 3.63) is 0 Å². The number of rotatable bonds is 1. The van der Waals surface area contributed by atoms with Crippen LogP contribution in [0.1, 0.15) is 25.7 Å². The summed E-state index contributed by atoms with van der Waals surface area (Å²) in [5, 5.41) is 8.69. The van der Waals surface area contributed by atoms with E-state index >= 15 is 0 Å². The number of carboxylic acids is 1. The van der Waals surface area contributed by atoms with Crippen molar-refractivity contribution >= 4 is 5.97 Å². The molecule has 0 aliphatic heterocycles. The van der Waals surface area contributed by atoms with Gasteiger partial charge in [-0.05, 0) is 36.5 Å². The Labute approximate surface area is 59.2 Å². The molecule has 2 atom stereocenters. The van der Waals surface area contributed by atoms with Crippen LogP contribution in [-0.2, 0) is 4.79 Å². The van der Waals surface area contributed by atoms with Crippen molar-refractivity contribution in [2.75, 3.05) is 0 Å². The number of hydrogen-bond donors (Lipinski definition) is 1. The van der Waals surface area contributed by atoms with Crippen LogP contribution in [0.5, 0.6) is 0 Å². The van der Waals surface area contributed by atoms with Crippen LogP contribution in [-0.4, -0.2) is 11.1 Å². The molecule has 0 bridgehead atoms. The predicted octanol–water partition coefficient (Wildman–Crippen LogP) is 1.26. The molecule has 2 heteroatoms. The minimum absolute atomic E-state index is 0.0509. The van der Waals surface area contributed by atoms with Gasteiger partial charge in [-0.2, -0.15) is 0 Å². The molecule has 3 aliphatic carbocycles. The van der Waals surface area contributed by atoms with E-state index in [9.17, 15) is 4.79 Å². The average molecular weight is 138 g/mol. The Balaban J connectivity index is 1.84. The van der Waals surface area contributed by atoms with Gasteiger partial charge in [0.25, 0.3) is 0 Å². The lowest BCUT2D eigenvalue weighted by Crippen LogP contribution is -2.00. The average Bonchev–Trinajstić information content (AvgIpc) is 2.66. The summed E-state index contributed by atoms with van der Waals surface area (Å²) < 4.78 is 0. The molecule has 3 saturated carbocycles. The third-order valence-corrected chi connectivity index (χ3v) is 3.81. The minimum Gasteiger partial charge on any atom is -0.481 e. The lowest BCUT2D eigenvalue weighted by molar-refractivity contribution is -0.139. The van der Waals surface area contributed by atoms with Crippen LogP contribution >= 0.6 is 0 Å². The van der Waals surface area contributed by atoms with Gasteiger partial charge in [-0.25, -0.2) is 0 Å². The van der Waals surface area contributed by atoms with E-state index in [2.05, 4.69) is 0 Å². The second-order valence-corrected chi connectivity index (χ2v) is 4.21. The van der Waals surface area contributed by atoms with Crippen molar-refractivity contribution in [1.82, 2.24) is 0 Å². The molecule has 1 N–H and O–H groups in total. The summed E-state index contributed by atoms with van der Waals surface area (Å²) in [6.45, 7) is 0. The Hall–Kier alpha value is -0.530.